The molecule has 1 aromatic heterocycles. The summed E-state index contributed by atoms with van der Waals surface area (Å²) in [6.45, 7) is 6.14. The van der Waals surface area contributed by atoms with Crippen LogP contribution in [0.3, 0.4) is 0 Å². The number of fused-ring (bicyclic) bond motifs is 1. The molecule has 5 aromatic carbocycles. The Hall–Kier alpha value is -5.83. The van der Waals surface area contributed by atoms with E-state index in [9.17, 15) is 105 Å². The first kappa shape index (κ1) is 56.1. The molecule has 0 aliphatic carbocycles. The van der Waals surface area contributed by atoms with Crippen LogP contribution < -0.4 is 31.4 Å². The van der Waals surface area contributed by atoms with Crippen LogP contribution in [-0.2, 0) is 49.4 Å². The molecular formula is C43H26BF24NOS. The quantitative estimate of drug-likeness (QED) is 0.0953. The van der Waals surface area contributed by atoms with Gasteiger partial charge < -0.3 is 0 Å². The number of rotatable bonds is 5. The van der Waals surface area contributed by atoms with Gasteiger partial charge in [-0.15, -0.1) is 0 Å². The van der Waals surface area contributed by atoms with Crippen LogP contribution in [0, 0.1) is 0 Å². The Morgan fingerprint density at radius 3 is 0.789 bits per heavy atom. The summed E-state index contributed by atoms with van der Waals surface area (Å²) in [6, 6.07) is -0.576. The molecule has 6 aromatic rings. The zero-order chi connectivity index (χ0) is 54.1. The monoisotopic (exact) mass is 1070 g/mol. The molecule has 0 aliphatic rings. The van der Waals surface area contributed by atoms with Gasteiger partial charge >= 0.3 is 49.4 Å². The third-order valence-corrected chi connectivity index (χ3v) is 11.1. The third-order valence-electron chi connectivity index (χ3n) is 10.2. The fourth-order valence-electron chi connectivity index (χ4n) is 7.34. The van der Waals surface area contributed by atoms with E-state index in [1.165, 1.54) is 4.70 Å². The fourth-order valence-corrected chi connectivity index (χ4v) is 8.14. The Bertz CT molecular complexity index is 2450. The number of nitrogens with zero attached hydrogens (tertiary/aromatic N) is 1. The molecule has 0 unspecified atom stereocenters. The van der Waals surface area contributed by atoms with Crippen molar-refractivity contribution in [1.29, 1.82) is 0 Å². The lowest BCUT2D eigenvalue weighted by molar-refractivity contribution is -0.883. The molecule has 0 radical (unpaired) electrons. The Labute approximate surface area is 386 Å². The van der Waals surface area contributed by atoms with Gasteiger partial charge in [0.05, 0.1) is 44.5 Å². The first-order chi connectivity index (χ1) is 31.8. The van der Waals surface area contributed by atoms with Gasteiger partial charge in [-0.05, 0) is 51.1 Å². The number of benzene rings is 5. The van der Waals surface area contributed by atoms with E-state index in [4.69, 9.17) is 4.84 Å². The first-order valence-electron chi connectivity index (χ1n) is 19.3. The molecule has 0 aliphatic heterocycles. The van der Waals surface area contributed by atoms with Crippen molar-refractivity contribution in [2.24, 2.45) is 0 Å². The predicted molar refractivity (Wildman–Crippen MR) is 208 cm³/mol. The van der Waals surface area contributed by atoms with E-state index in [2.05, 4.69) is 12.1 Å². The molecule has 28 heteroatoms. The van der Waals surface area contributed by atoms with E-state index < -0.39 is 195 Å². The fraction of sp³-hybridized carbons (Fsp3) is 0.279. The van der Waals surface area contributed by atoms with E-state index >= 15 is 0 Å². The maximum atomic E-state index is 14.2. The molecule has 0 bridgehead atoms. The van der Waals surface area contributed by atoms with Crippen molar-refractivity contribution in [3.8, 4) is 0 Å². The minimum atomic E-state index is -6.13. The Kier molecular flexibility index (Phi) is 14.5. The van der Waals surface area contributed by atoms with Gasteiger partial charge in [-0.2, -0.15) is 127 Å². The highest BCUT2D eigenvalue weighted by atomic mass is 32.1. The zero-order valence-electron chi connectivity index (χ0n) is 35.2. The van der Waals surface area contributed by atoms with E-state index in [1.54, 1.807) is 11.3 Å². The van der Waals surface area contributed by atoms with Crippen LogP contribution in [0.2, 0.25) is 0 Å². The van der Waals surface area contributed by atoms with E-state index in [1.807, 2.05) is 43.1 Å². The summed E-state index contributed by atoms with van der Waals surface area (Å²) in [4.78, 5) is 5.78. The number of halogens is 24. The molecule has 0 amide bonds. The molecule has 0 spiro atoms. The molecule has 0 fully saturated rings. The molecule has 386 valence electrons. The highest BCUT2D eigenvalue weighted by molar-refractivity contribution is 7.20. The molecular weight excluding hydrogens is 1050 g/mol. The summed E-state index contributed by atoms with van der Waals surface area (Å²) < 4.78 is 344. The lowest BCUT2D eigenvalue weighted by Gasteiger charge is -2.46. The van der Waals surface area contributed by atoms with Gasteiger partial charge in [0.15, 0.2) is 5.60 Å². The molecule has 1 heterocycles. The summed E-state index contributed by atoms with van der Waals surface area (Å²) in [7, 11) is 0. The SMILES string of the molecule is CC(C)(C)O[n+]1csc2ccccc21.FC(F)(F)c1cc([B-](c2cc(C(F)(F)F)cc(C(F)(F)F)c2)(c2cc(C(F)(F)F)cc(C(F)(F)F)c2)c2cc(C(F)(F)F)cc(C(F)(F)F)c2)cc(C(F)(F)F)c1. The summed E-state index contributed by atoms with van der Waals surface area (Å²) in [5, 5.41) is 0. The minimum absolute atomic E-state index is 0.158. The highest BCUT2D eigenvalue weighted by Crippen LogP contribution is 2.41. The normalized spacial score (nSPS) is 13.8. The molecule has 0 saturated heterocycles. The van der Waals surface area contributed by atoms with Crippen LogP contribution in [0.15, 0.2) is 103 Å². The van der Waals surface area contributed by atoms with E-state index in [0.717, 1.165) is 5.52 Å². The molecule has 2 nitrogen and oxygen atoms in total. The number of hydrogen-bond acceptors (Lipinski definition) is 2. The van der Waals surface area contributed by atoms with Crippen molar-refractivity contribution in [2.45, 2.75) is 75.8 Å². The number of alkyl halides is 24. The Morgan fingerprint density at radius 1 is 0.352 bits per heavy atom. The number of thiazole rings is 1. The summed E-state index contributed by atoms with van der Waals surface area (Å²) in [5.41, 5.74) is -27.2. The van der Waals surface area contributed by atoms with Gasteiger partial charge in [-0.3, -0.25) is 4.84 Å². The zero-order valence-corrected chi connectivity index (χ0v) is 36.0. The van der Waals surface area contributed by atoms with Gasteiger partial charge in [0.2, 0.25) is 0 Å². The first-order valence-corrected chi connectivity index (χ1v) is 20.1. The van der Waals surface area contributed by atoms with Gasteiger partial charge in [-0.1, -0.05) is 72.0 Å². The molecule has 0 N–H and O–H groups in total. The average Bonchev–Trinajstić information content (AvgIpc) is 3.59. The summed E-state index contributed by atoms with van der Waals surface area (Å²) in [6.07, 6.45) is -54.8. The van der Waals surface area contributed by atoms with Gasteiger partial charge in [0, 0.05) is 10.8 Å². The standard InChI is InChI=1S/C32H12BF24.C11H14NOS/c34-25(35,36)13-1-14(26(37,38)39)6-21(5-13)33(22-7-15(27(40,41)42)2-16(8-22)28(43,44)45,23-9-17(29(46,47)48)3-18(10-23)30(49,50)51)24-11-19(31(52,53)54)4-20(12-24)32(55,56)57;1-11(2,3)13-12-8-14-10-7-5-4-6-9(10)12/h1-12H;4-8H,1-3H3/q-1;+1. The smallest absolute Gasteiger partial charge is 0.264 e. The Morgan fingerprint density at radius 2 is 0.577 bits per heavy atom. The van der Waals surface area contributed by atoms with Crippen LogP contribution in [-0.4, -0.2) is 11.7 Å². The van der Waals surface area contributed by atoms with Crippen molar-refractivity contribution in [1.82, 2.24) is 0 Å². The van der Waals surface area contributed by atoms with Gasteiger partial charge in [0.1, 0.15) is 10.8 Å². The Balaban J connectivity index is 0.000000569. The summed E-state index contributed by atoms with van der Waals surface area (Å²) >= 11 is 1.69. The maximum Gasteiger partial charge on any atom is 0.416 e. The molecule has 6 rings (SSSR count). The second-order valence-electron chi connectivity index (χ2n) is 16.4. The summed E-state index contributed by atoms with van der Waals surface area (Å²) in [5.74, 6) is 0. The van der Waals surface area contributed by atoms with Crippen LogP contribution in [0.5, 0.6) is 0 Å². The van der Waals surface area contributed by atoms with Crippen molar-refractivity contribution in [3.63, 3.8) is 0 Å². The van der Waals surface area contributed by atoms with E-state index in [-0.39, 0.29) is 5.60 Å². The average molecular weight is 1070 g/mol. The van der Waals surface area contributed by atoms with Crippen LogP contribution in [0.1, 0.15) is 65.3 Å². The largest absolute Gasteiger partial charge is 0.416 e. The van der Waals surface area contributed by atoms with Crippen molar-refractivity contribution >= 4 is 49.6 Å². The topological polar surface area (TPSA) is 13.1 Å². The second kappa shape index (κ2) is 18.3. The van der Waals surface area contributed by atoms with Crippen molar-refractivity contribution < 1.29 is 115 Å². The van der Waals surface area contributed by atoms with Crippen molar-refractivity contribution in [2.75, 3.05) is 0 Å². The van der Waals surface area contributed by atoms with E-state index in [0.29, 0.717) is 0 Å². The minimum Gasteiger partial charge on any atom is -0.264 e. The van der Waals surface area contributed by atoms with Crippen LogP contribution in [0.4, 0.5) is 105 Å². The third kappa shape index (κ3) is 12.8. The van der Waals surface area contributed by atoms with Crippen molar-refractivity contribution in [3.05, 3.63) is 147 Å². The van der Waals surface area contributed by atoms with Gasteiger partial charge in [0.25, 0.3) is 11.0 Å². The van der Waals surface area contributed by atoms with Crippen LogP contribution in [0.25, 0.3) is 10.2 Å². The second-order valence-corrected chi connectivity index (χ2v) is 17.3. The highest BCUT2D eigenvalue weighted by Gasteiger charge is 2.47. The molecule has 0 saturated carbocycles. The predicted octanol–water partition coefficient (Wildman–Crippen LogP) is 13.6. The maximum absolute atomic E-state index is 14.2. The lowest BCUT2D eigenvalue weighted by atomic mass is 9.12. The molecule has 71 heavy (non-hydrogen) atoms. The number of aromatic nitrogens is 1. The van der Waals surface area contributed by atoms with Crippen LogP contribution >= 0.6 is 11.3 Å². The van der Waals surface area contributed by atoms with Gasteiger partial charge in [-0.25, -0.2) is 0 Å². The number of para-hydroxylation sites is 1. The molecule has 0 atom stereocenters. The lowest BCUT2D eigenvalue weighted by Crippen LogP contribution is -2.75. The number of hydrogen-bond donors (Lipinski definition) is 0.